The van der Waals surface area contributed by atoms with E-state index in [2.05, 4.69) is 121 Å². The van der Waals surface area contributed by atoms with Crippen molar-refractivity contribution in [3.63, 3.8) is 0 Å². The van der Waals surface area contributed by atoms with Gasteiger partial charge in [-0.1, -0.05) is 140 Å². The topological polar surface area (TPSA) is 47.9 Å². The Hall–Kier alpha value is -6.13. The van der Waals surface area contributed by atoms with Gasteiger partial charge in [0, 0.05) is 22.3 Å². The average molecular weight is 604 g/mol. The fourth-order valence-electron chi connectivity index (χ4n) is 6.92. The second kappa shape index (κ2) is 11.3. The van der Waals surface area contributed by atoms with Crippen LogP contribution in [0.15, 0.2) is 164 Å². The van der Waals surface area contributed by atoms with Crippen molar-refractivity contribution >= 4 is 16.3 Å². The molecule has 222 valence electrons. The van der Waals surface area contributed by atoms with Gasteiger partial charge in [0.15, 0.2) is 17.5 Å². The van der Waals surface area contributed by atoms with Crippen molar-refractivity contribution in [1.29, 1.82) is 0 Å². The maximum atomic E-state index is 6.36. The first-order valence-electron chi connectivity index (χ1n) is 15.9. The third-order valence-electron chi connectivity index (χ3n) is 9.13. The van der Waals surface area contributed by atoms with Crippen LogP contribution in [-0.2, 0) is 0 Å². The van der Waals surface area contributed by atoms with E-state index in [4.69, 9.17) is 19.7 Å². The molecule has 1 aliphatic carbocycles. The highest BCUT2D eigenvalue weighted by molar-refractivity contribution is 6.03. The van der Waals surface area contributed by atoms with Gasteiger partial charge in [-0.15, -0.1) is 0 Å². The summed E-state index contributed by atoms with van der Waals surface area (Å²) in [4.78, 5) is 15.2. The second-order valence-electron chi connectivity index (χ2n) is 11.9. The van der Waals surface area contributed by atoms with E-state index in [0.717, 1.165) is 44.3 Å². The summed E-state index contributed by atoms with van der Waals surface area (Å²) in [6, 6.07) is 50.3. The summed E-state index contributed by atoms with van der Waals surface area (Å²) in [5.41, 5.74) is 8.80. The van der Waals surface area contributed by atoms with Crippen molar-refractivity contribution < 1.29 is 4.74 Å². The molecule has 2 atom stereocenters. The second-order valence-corrected chi connectivity index (χ2v) is 11.9. The van der Waals surface area contributed by atoms with Gasteiger partial charge in [-0.3, -0.25) is 0 Å². The summed E-state index contributed by atoms with van der Waals surface area (Å²) < 4.78 is 6.36. The lowest BCUT2D eigenvalue weighted by Gasteiger charge is -2.24. The van der Waals surface area contributed by atoms with E-state index in [-0.39, 0.29) is 12.0 Å². The molecule has 0 N–H and O–H groups in total. The van der Waals surface area contributed by atoms with Crippen LogP contribution in [0.4, 0.5) is 0 Å². The molecule has 0 bridgehead atoms. The van der Waals surface area contributed by atoms with Crippen LogP contribution < -0.4 is 4.74 Å². The van der Waals surface area contributed by atoms with Crippen LogP contribution in [0, 0.1) is 0 Å². The Morgan fingerprint density at radius 3 is 1.87 bits per heavy atom. The number of hydrogen-bond donors (Lipinski definition) is 0. The highest BCUT2D eigenvalue weighted by Crippen LogP contribution is 2.49. The molecule has 7 aromatic rings. The van der Waals surface area contributed by atoms with Crippen LogP contribution in [0.25, 0.3) is 61.6 Å². The first-order chi connectivity index (χ1) is 23.3. The van der Waals surface area contributed by atoms with Crippen molar-refractivity contribution in [1.82, 2.24) is 15.0 Å². The maximum absolute atomic E-state index is 6.36. The van der Waals surface area contributed by atoms with Gasteiger partial charge in [0.25, 0.3) is 0 Å². The molecule has 0 amide bonds. The molecule has 0 radical (unpaired) electrons. The average Bonchev–Trinajstić information content (AvgIpc) is 3.54. The van der Waals surface area contributed by atoms with Gasteiger partial charge in [0.05, 0.1) is 5.92 Å². The Morgan fingerprint density at radius 2 is 1.06 bits per heavy atom. The number of ether oxygens (including phenoxy) is 1. The van der Waals surface area contributed by atoms with E-state index in [1.165, 1.54) is 16.7 Å². The molecule has 6 aromatic carbocycles. The Kier molecular flexibility index (Phi) is 6.57. The van der Waals surface area contributed by atoms with Crippen LogP contribution in [0.3, 0.4) is 0 Å². The number of benzene rings is 6. The summed E-state index contributed by atoms with van der Waals surface area (Å²) >= 11 is 0. The van der Waals surface area contributed by atoms with E-state index in [1.54, 1.807) is 0 Å². The first-order valence-corrected chi connectivity index (χ1v) is 15.9. The molecule has 2 unspecified atom stereocenters. The Labute approximate surface area is 273 Å². The number of aromatic nitrogens is 3. The minimum absolute atomic E-state index is 0.0167. The van der Waals surface area contributed by atoms with Crippen LogP contribution in [0.5, 0.6) is 5.75 Å². The minimum Gasteiger partial charge on any atom is -0.485 e. The van der Waals surface area contributed by atoms with E-state index in [0.29, 0.717) is 17.5 Å². The Balaban J connectivity index is 1.21. The standard InChI is InChI=1S/C43H29N3O/c1-3-13-28(14-4-1)30-17-11-18-31(27-30)42-44-41(29-15-5-2-6-16-29)45-43(46-42)36-26-25-34(32-19-7-8-20-33(32)36)35-22-12-24-39-40(35)37-21-9-10-23-38(37)47-39/h1-27,39-40H. The largest absolute Gasteiger partial charge is 0.485 e. The highest BCUT2D eigenvalue weighted by atomic mass is 16.5. The van der Waals surface area contributed by atoms with Crippen molar-refractivity contribution in [3.05, 3.63) is 175 Å². The summed E-state index contributed by atoms with van der Waals surface area (Å²) in [6.45, 7) is 0. The molecular formula is C43H29N3O. The molecule has 1 aromatic heterocycles. The van der Waals surface area contributed by atoms with Crippen molar-refractivity contribution in [2.24, 2.45) is 0 Å². The molecule has 2 aliphatic rings. The van der Waals surface area contributed by atoms with Crippen LogP contribution >= 0.6 is 0 Å². The molecular weight excluding hydrogens is 574 g/mol. The number of rotatable bonds is 5. The third kappa shape index (κ3) is 4.82. The van der Waals surface area contributed by atoms with Crippen molar-refractivity contribution in [2.75, 3.05) is 0 Å². The van der Waals surface area contributed by atoms with Gasteiger partial charge < -0.3 is 4.74 Å². The molecule has 0 fully saturated rings. The SMILES string of the molecule is C1=CC2Oc3ccccc3C2C(c2ccc(-c3nc(-c4ccccc4)nc(-c4cccc(-c5ccccc5)c4)n3)c3ccccc23)=C1. The number of fused-ring (bicyclic) bond motifs is 4. The fourth-order valence-corrected chi connectivity index (χ4v) is 6.92. The van der Waals surface area contributed by atoms with Gasteiger partial charge in [0.1, 0.15) is 11.9 Å². The molecule has 4 nitrogen and oxygen atoms in total. The Morgan fingerprint density at radius 1 is 0.468 bits per heavy atom. The monoisotopic (exact) mass is 603 g/mol. The van der Waals surface area contributed by atoms with Gasteiger partial charge in [-0.2, -0.15) is 0 Å². The summed E-state index contributed by atoms with van der Waals surface area (Å²) in [5.74, 6) is 3.03. The maximum Gasteiger partial charge on any atom is 0.164 e. The molecule has 0 saturated carbocycles. The fraction of sp³-hybridized carbons (Fsp3) is 0.0465. The predicted molar refractivity (Wildman–Crippen MR) is 190 cm³/mol. The molecule has 1 aliphatic heterocycles. The summed E-state index contributed by atoms with van der Waals surface area (Å²) in [6.07, 6.45) is 6.51. The lowest BCUT2D eigenvalue weighted by atomic mass is 9.79. The van der Waals surface area contributed by atoms with E-state index < -0.39 is 0 Å². The zero-order valence-electron chi connectivity index (χ0n) is 25.5. The van der Waals surface area contributed by atoms with Gasteiger partial charge in [-0.05, 0) is 57.3 Å². The highest BCUT2D eigenvalue weighted by Gasteiger charge is 2.37. The number of nitrogens with zero attached hydrogens (tertiary/aromatic N) is 3. The molecule has 0 spiro atoms. The number of allylic oxidation sites excluding steroid dienone is 2. The zero-order valence-corrected chi connectivity index (χ0v) is 25.5. The lowest BCUT2D eigenvalue weighted by Crippen LogP contribution is -2.19. The van der Waals surface area contributed by atoms with Gasteiger partial charge in [0.2, 0.25) is 0 Å². The summed E-state index contributed by atoms with van der Waals surface area (Å²) in [7, 11) is 0. The van der Waals surface area contributed by atoms with E-state index >= 15 is 0 Å². The minimum atomic E-state index is -0.0167. The molecule has 2 heterocycles. The van der Waals surface area contributed by atoms with Crippen LogP contribution in [0.2, 0.25) is 0 Å². The first kappa shape index (κ1) is 27.2. The van der Waals surface area contributed by atoms with Gasteiger partial charge >= 0.3 is 0 Å². The smallest absolute Gasteiger partial charge is 0.164 e. The van der Waals surface area contributed by atoms with E-state index in [1.807, 2.05) is 42.5 Å². The Bertz CT molecular complexity index is 2340. The van der Waals surface area contributed by atoms with Crippen molar-refractivity contribution in [2.45, 2.75) is 12.0 Å². The van der Waals surface area contributed by atoms with Gasteiger partial charge in [-0.25, -0.2) is 15.0 Å². The molecule has 47 heavy (non-hydrogen) atoms. The van der Waals surface area contributed by atoms with Crippen LogP contribution in [-0.4, -0.2) is 21.1 Å². The van der Waals surface area contributed by atoms with Crippen molar-refractivity contribution in [3.8, 4) is 51.0 Å². The molecule has 9 rings (SSSR count). The molecule has 0 saturated heterocycles. The predicted octanol–water partition coefficient (Wildman–Crippen LogP) is 10.2. The normalized spacial score (nSPS) is 16.3. The van der Waals surface area contributed by atoms with E-state index in [9.17, 15) is 0 Å². The number of hydrogen-bond acceptors (Lipinski definition) is 4. The van der Waals surface area contributed by atoms with Crippen LogP contribution in [0.1, 0.15) is 17.0 Å². The quantitative estimate of drug-likeness (QED) is 0.196. The lowest BCUT2D eigenvalue weighted by molar-refractivity contribution is 0.271. The zero-order chi connectivity index (χ0) is 31.2. The molecule has 4 heteroatoms. The third-order valence-corrected chi connectivity index (χ3v) is 9.13. The number of para-hydroxylation sites is 1. The summed E-state index contributed by atoms with van der Waals surface area (Å²) in [5, 5.41) is 2.25.